The minimum Gasteiger partial charge on any atom is -0.462 e. The molecule has 3 fully saturated rings. The molecule has 0 amide bonds. The Morgan fingerprint density at radius 1 is 0.886 bits per heavy atom. The van der Waals surface area contributed by atoms with Crippen molar-refractivity contribution in [2.24, 2.45) is 10.8 Å². The Kier molecular flexibility index (Phi) is 6.00. The van der Waals surface area contributed by atoms with Gasteiger partial charge in [0.15, 0.2) is 0 Å². The number of cyclic esters (lactones) is 2. The first-order valence-corrected chi connectivity index (χ1v) is 12.2. The molecule has 0 aromatic rings. The van der Waals surface area contributed by atoms with Crippen molar-refractivity contribution >= 4 is 17.9 Å². The molecule has 1 unspecified atom stereocenters. The molecule has 35 heavy (non-hydrogen) atoms. The molecule has 5 rings (SSSR count). The molecule has 1 saturated carbocycles. The highest BCUT2D eigenvalue weighted by molar-refractivity contribution is 5.85. The van der Waals surface area contributed by atoms with Gasteiger partial charge in [0.05, 0.1) is 30.8 Å². The van der Waals surface area contributed by atoms with Crippen molar-refractivity contribution in [3.05, 3.63) is 47.6 Å². The first-order valence-electron chi connectivity index (χ1n) is 12.2. The first-order chi connectivity index (χ1) is 16.7. The lowest BCUT2D eigenvalue weighted by atomic mass is 9.51. The number of hydrogen-bond donors (Lipinski definition) is 0. The van der Waals surface area contributed by atoms with Gasteiger partial charge >= 0.3 is 17.9 Å². The van der Waals surface area contributed by atoms with Crippen LogP contribution in [-0.4, -0.2) is 61.6 Å². The highest BCUT2D eigenvalue weighted by Crippen LogP contribution is 2.72. The molecule has 5 aliphatic rings. The van der Waals surface area contributed by atoms with Gasteiger partial charge in [0.25, 0.3) is 0 Å². The van der Waals surface area contributed by atoms with Crippen molar-refractivity contribution in [2.75, 3.05) is 19.8 Å². The number of hydrogen-bond acceptors (Lipinski definition) is 8. The zero-order chi connectivity index (χ0) is 24.8. The zero-order valence-corrected chi connectivity index (χ0v) is 20.4. The second kappa shape index (κ2) is 8.75. The summed E-state index contributed by atoms with van der Waals surface area (Å²) in [6.45, 7) is 6.77. The van der Waals surface area contributed by atoms with Gasteiger partial charge in [-0.1, -0.05) is 36.3 Å². The van der Waals surface area contributed by atoms with Crippen LogP contribution in [0, 0.1) is 10.8 Å². The molecule has 3 aliphatic heterocycles. The van der Waals surface area contributed by atoms with E-state index in [9.17, 15) is 14.4 Å². The van der Waals surface area contributed by atoms with Crippen LogP contribution in [0.15, 0.2) is 47.6 Å². The fourth-order valence-corrected chi connectivity index (χ4v) is 6.46. The summed E-state index contributed by atoms with van der Waals surface area (Å²) in [5, 5.41) is 0. The average molecular weight is 485 g/mol. The molecule has 2 saturated heterocycles. The SMILES string of the molecule is CC1=C[C@H]2O[C@@H]3CC4OC(=O)/C=C\C=C/C(=O)OCC/C(C)=C\C(=O)OC[C@@]2(CC1)[C@@]4(C)[C@]31CO1. The van der Waals surface area contributed by atoms with Crippen LogP contribution in [0.25, 0.3) is 0 Å². The maximum atomic E-state index is 12.8. The summed E-state index contributed by atoms with van der Waals surface area (Å²) < 4.78 is 29.7. The molecular weight excluding hydrogens is 452 g/mol. The molecule has 0 N–H and O–H groups in total. The van der Waals surface area contributed by atoms with Crippen LogP contribution in [0.1, 0.15) is 46.5 Å². The van der Waals surface area contributed by atoms with Crippen LogP contribution in [0.2, 0.25) is 0 Å². The van der Waals surface area contributed by atoms with Crippen molar-refractivity contribution in [3.63, 3.8) is 0 Å². The highest BCUT2D eigenvalue weighted by Gasteiger charge is 2.83. The van der Waals surface area contributed by atoms with Crippen molar-refractivity contribution in [3.8, 4) is 0 Å². The number of allylic oxidation sites excluding steroid dienone is 3. The molecule has 2 bridgehead atoms. The number of rotatable bonds is 0. The van der Waals surface area contributed by atoms with Gasteiger partial charge in [-0.15, -0.1) is 0 Å². The average Bonchev–Trinajstić information content (AvgIpc) is 3.58. The molecule has 2 aliphatic carbocycles. The fourth-order valence-electron chi connectivity index (χ4n) is 6.46. The topological polar surface area (TPSA) is 101 Å². The lowest BCUT2D eigenvalue weighted by Crippen LogP contribution is -2.66. The summed E-state index contributed by atoms with van der Waals surface area (Å²) in [4.78, 5) is 37.4. The summed E-state index contributed by atoms with van der Waals surface area (Å²) in [5.74, 6) is -1.50. The van der Waals surface area contributed by atoms with Crippen molar-refractivity contribution in [2.45, 2.75) is 70.4 Å². The quantitative estimate of drug-likeness (QED) is 0.224. The lowest BCUT2D eigenvalue weighted by Gasteiger charge is -2.58. The molecule has 2 spiro atoms. The second-order valence-corrected chi connectivity index (χ2v) is 10.5. The summed E-state index contributed by atoms with van der Waals surface area (Å²) in [6.07, 6.45) is 10.5. The van der Waals surface area contributed by atoms with E-state index in [-0.39, 0.29) is 25.4 Å². The third kappa shape index (κ3) is 3.87. The number of carbonyl (C=O) groups is 3. The van der Waals surface area contributed by atoms with Gasteiger partial charge in [-0.3, -0.25) is 0 Å². The summed E-state index contributed by atoms with van der Waals surface area (Å²) in [6, 6.07) is 0. The number of esters is 3. The largest absolute Gasteiger partial charge is 0.462 e. The zero-order valence-electron chi connectivity index (χ0n) is 20.4. The van der Waals surface area contributed by atoms with E-state index in [2.05, 4.69) is 19.9 Å². The number of epoxide rings is 1. The van der Waals surface area contributed by atoms with E-state index in [0.717, 1.165) is 18.4 Å². The van der Waals surface area contributed by atoms with E-state index in [1.807, 2.05) is 0 Å². The first kappa shape index (κ1) is 24.0. The maximum absolute atomic E-state index is 12.8. The monoisotopic (exact) mass is 484 g/mol. The lowest BCUT2D eigenvalue weighted by molar-refractivity contribution is -0.232. The fraction of sp³-hybridized carbons (Fsp3) is 0.593. The Morgan fingerprint density at radius 3 is 2.37 bits per heavy atom. The summed E-state index contributed by atoms with van der Waals surface area (Å²) in [7, 11) is 0. The number of ether oxygens (including phenoxy) is 5. The van der Waals surface area contributed by atoms with E-state index >= 15 is 0 Å². The molecule has 188 valence electrons. The van der Waals surface area contributed by atoms with E-state index in [0.29, 0.717) is 19.4 Å². The minimum absolute atomic E-state index is 0.125. The second-order valence-electron chi connectivity index (χ2n) is 10.5. The molecule has 8 nitrogen and oxygen atoms in total. The normalized spacial score (nSPS) is 44.9. The standard InChI is InChI=1S/C27H32O8/c1-17-8-10-26-15-32-24(30)13-18(2)9-11-31-22(28)6-4-5-7-23(29)35-19-14-21(34-20(26)12-17)27(16-33-27)25(19,26)3/h4-7,12-13,19-21H,8-11,14-16H2,1-3H3/b6-4-,7-5-,18-13-/t19?,20-,21-,25+,26-,27+/m1/s1. The molecule has 0 aromatic heterocycles. The van der Waals surface area contributed by atoms with Crippen LogP contribution in [0.4, 0.5) is 0 Å². The summed E-state index contributed by atoms with van der Waals surface area (Å²) >= 11 is 0. The Hall–Kier alpha value is -2.71. The highest BCUT2D eigenvalue weighted by atomic mass is 16.6. The smallest absolute Gasteiger partial charge is 0.331 e. The molecular formula is C27H32O8. The van der Waals surface area contributed by atoms with E-state index < -0.39 is 40.4 Å². The van der Waals surface area contributed by atoms with Gasteiger partial charge in [-0.05, 0) is 26.7 Å². The van der Waals surface area contributed by atoms with Crippen LogP contribution in [-0.2, 0) is 38.1 Å². The van der Waals surface area contributed by atoms with Gasteiger partial charge in [0.2, 0.25) is 0 Å². The maximum Gasteiger partial charge on any atom is 0.331 e. The molecule has 3 heterocycles. The molecule has 8 heteroatoms. The molecule has 0 aromatic carbocycles. The van der Waals surface area contributed by atoms with Crippen molar-refractivity contribution < 1.29 is 38.1 Å². The van der Waals surface area contributed by atoms with Gasteiger partial charge < -0.3 is 23.7 Å². The van der Waals surface area contributed by atoms with Crippen molar-refractivity contribution in [1.82, 2.24) is 0 Å². The van der Waals surface area contributed by atoms with Crippen LogP contribution >= 0.6 is 0 Å². The third-order valence-corrected chi connectivity index (χ3v) is 8.63. The summed E-state index contributed by atoms with van der Waals surface area (Å²) in [5.41, 5.74) is 0.194. The molecule has 0 radical (unpaired) electrons. The van der Waals surface area contributed by atoms with Crippen LogP contribution < -0.4 is 0 Å². The van der Waals surface area contributed by atoms with Gasteiger partial charge in [-0.2, -0.15) is 0 Å². The van der Waals surface area contributed by atoms with E-state index in [4.69, 9.17) is 23.7 Å². The van der Waals surface area contributed by atoms with Crippen molar-refractivity contribution in [1.29, 1.82) is 0 Å². The Bertz CT molecular complexity index is 1050. The van der Waals surface area contributed by atoms with Gasteiger partial charge in [0, 0.05) is 36.5 Å². The minimum atomic E-state index is -0.613. The number of carbonyl (C=O) groups excluding carboxylic acids is 3. The third-order valence-electron chi connectivity index (χ3n) is 8.63. The Labute approximate surface area is 204 Å². The van der Waals surface area contributed by atoms with Crippen LogP contribution in [0.3, 0.4) is 0 Å². The van der Waals surface area contributed by atoms with Gasteiger partial charge in [0.1, 0.15) is 18.3 Å². The van der Waals surface area contributed by atoms with Crippen LogP contribution in [0.5, 0.6) is 0 Å². The van der Waals surface area contributed by atoms with Gasteiger partial charge in [-0.25, -0.2) is 14.4 Å². The van der Waals surface area contributed by atoms with E-state index in [1.165, 1.54) is 36.0 Å². The molecule has 6 atom stereocenters. The van der Waals surface area contributed by atoms with E-state index in [1.54, 1.807) is 6.92 Å². The predicted octanol–water partition coefficient (Wildman–Crippen LogP) is 3.12. The predicted molar refractivity (Wildman–Crippen MR) is 124 cm³/mol. The Morgan fingerprint density at radius 2 is 1.63 bits per heavy atom. The Balaban J connectivity index is 1.53.